The molecular formula is C35H13N7O2S3. The maximum absolute atomic E-state index is 13.4. The van der Waals surface area contributed by atoms with Crippen LogP contribution in [0.4, 0.5) is 10.0 Å². The van der Waals surface area contributed by atoms with E-state index in [4.69, 9.17) is 23.1 Å². The highest BCUT2D eigenvalue weighted by Gasteiger charge is 2.35. The van der Waals surface area contributed by atoms with E-state index >= 15 is 0 Å². The fourth-order valence-electron chi connectivity index (χ4n) is 6.06. The molecule has 0 aliphatic heterocycles. The van der Waals surface area contributed by atoms with Crippen LogP contribution in [0.3, 0.4) is 0 Å². The van der Waals surface area contributed by atoms with Gasteiger partial charge in [0.2, 0.25) is 11.6 Å². The number of aliphatic imine (C=N–C) groups is 2. The number of thiophene rings is 3. The van der Waals surface area contributed by atoms with Crippen LogP contribution in [0.2, 0.25) is 0 Å². The highest BCUT2D eigenvalue weighted by Crippen LogP contribution is 2.50. The summed E-state index contributed by atoms with van der Waals surface area (Å²) in [4.78, 5) is 42.9. The van der Waals surface area contributed by atoms with Crippen molar-refractivity contribution in [2.24, 2.45) is 17.0 Å². The molecule has 4 aromatic heterocycles. The van der Waals surface area contributed by atoms with E-state index in [0.29, 0.717) is 32.3 Å². The Balaban J connectivity index is 1.24. The number of nitrogens with zero attached hydrogens (tertiary/aromatic N) is 7. The maximum Gasteiger partial charge on any atom is 0.271 e. The zero-order valence-corrected chi connectivity index (χ0v) is 26.4. The van der Waals surface area contributed by atoms with Crippen LogP contribution in [0, 0.1) is 35.8 Å². The Morgan fingerprint density at radius 2 is 1.21 bits per heavy atom. The number of hydrogen-bond donors (Lipinski definition) is 0. The van der Waals surface area contributed by atoms with Crippen LogP contribution < -0.4 is 0 Å². The second-order valence-electron chi connectivity index (χ2n) is 10.5. The molecule has 0 atom stereocenters. The minimum Gasteiger partial charge on any atom is -0.341 e. The number of ketones is 2. The van der Waals surface area contributed by atoms with Crippen molar-refractivity contribution in [3.05, 3.63) is 117 Å². The molecule has 0 saturated heterocycles. The standard InChI is InChI=1S/C35H13N7O2S3/c1-38-20(14-36)26-16-8-4-6-10-18(16)31(43)28(26)40-24-12-22-33(46-24)35-30(42(22)3)34-23(45-35)13-25(47-34)41-29-27(21(15-37)39-2)17-9-5-7-11-19(17)32(29)44/h4-13H,3H3/b26-20+,27-21?,40-28?,41-29?. The number of nitriles is 2. The molecule has 8 rings (SSSR count). The van der Waals surface area contributed by atoms with Crippen molar-refractivity contribution < 1.29 is 9.59 Å². The van der Waals surface area contributed by atoms with Gasteiger partial charge in [-0.05, 0) is 23.3 Å². The summed E-state index contributed by atoms with van der Waals surface area (Å²) in [7, 11) is 1.95. The number of carbonyl (C=O) groups excluding carboxylic acids is 2. The normalized spacial score (nSPS) is 17.6. The van der Waals surface area contributed by atoms with E-state index in [1.54, 1.807) is 59.9 Å². The fourth-order valence-corrected chi connectivity index (χ4v) is 9.83. The summed E-state index contributed by atoms with van der Waals surface area (Å²) in [5, 5.41) is 20.5. The van der Waals surface area contributed by atoms with Crippen LogP contribution in [0.25, 0.3) is 50.7 Å². The summed E-state index contributed by atoms with van der Waals surface area (Å²) in [5.74, 6) is -0.636. The molecule has 47 heavy (non-hydrogen) atoms. The first-order chi connectivity index (χ1) is 22.9. The summed E-state index contributed by atoms with van der Waals surface area (Å²) in [6.45, 7) is 15.0. The summed E-state index contributed by atoms with van der Waals surface area (Å²) < 4.78 is 6.06. The average molecular weight is 660 g/mol. The summed E-state index contributed by atoms with van der Waals surface area (Å²) in [5.41, 5.74) is 4.19. The highest BCUT2D eigenvalue weighted by atomic mass is 32.1. The van der Waals surface area contributed by atoms with Gasteiger partial charge in [-0.1, -0.05) is 48.5 Å². The zero-order valence-electron chi connectivity index (χ0n) is 23.9. The lowest BCUT2D eigenvalue weighted by Crippen LogP contribution is -2.07. The van der Waals surface area contributed by atoms with Gasteiger partial charge in [0.15, 0.2) is 0 Å². The van der Waals surface area contributed by atoms with E-state index < -0.39 is 0 Å². The minimum atomic E-state index is -0.319. The molecule has 12 heteroatoms. The van der Waals surface area contributed by atoms with E-state index in [9.17, 15) is 20.1 Å². The number of hydrogen-bond acceptors (Lipinski definition) is 9. The van der Waals surface area contributed by atoms with Gasteiger partial charge in [0.25, 0.3) is 11.4 Å². The van der Waals surface area contributed by atoms with Gasteiger partial charge in [-0.15, -0.1) is 34.0 Å². The number of Topliss-reactive ketones (excluding diaryl/α,β-unsaturated/α-hetero) is 2. The molecule has 0 spiro atoms. The molecular weight excluding hydrogens is 647 g/mol. The Morgan fingerprint density at radius 3 is 1.72 bits per heavy atom. The van der Waals surface area contributed by atoms with Crippen LogP contribution in [0.5, 0.6) is 0 Å². The first-order valence-electron chi connectivity index (χ1n) is 13.8. The quantitative estimate of drug-likeness (QED) is 0.136. The first-order valence-corrected chi connectivity index (χ1v) is 16.3. The third-order valence-electron chi connectivity index (χ3n) is 8.07. The van der Waals surface area contributed by atoms with Gasteiger partial charge in [-0.25, -0.2) is 30.2 Å². The van der Waals surface area contributed by atoms with E-state index in [1.165, 1.54) is 22.7 Å². The van der Waals surface area contributed by atoms with E-state index in [-0.39, 0.29) is 45.5 Å². The second-order valence-corrected chi connectivity index (χ2v) is 13.6. The van der Waals surface area contributed by atoms with Gasteiger partial charge in [0, 0.05) is 29.3 Å². The Bertz CT molecular complexity index is 2750. The van der Waals surface area contributed by atoms with Crippen molar-refractivity contribution in [2.75, 3.05) is 0 Å². The van der Waals surface area contributed by atoms with Gasteiger partial charge in [-0.2, -0.15) is 0 Å². The van der Waals surface area contributed by atoms with Crippen LogP contribution in [0.15, 0.2) is 82.0 Å². The second kappa shape index (κ2) is 10.4. The van der Waals surface area contributed by atoms with Crippen molar-refractivity contribution in [1.82, 2.24) is 4.57 Å². The predicted octanol–water partition coefficient (Wildman–Crippen LogP) is 8.92. The number of aromatic nitrogens is 1. The number of rotatable bonds is 2. The topological polar surface area (TPSA) is 120 Å². The van der Waals surface area contributed by atoms with Gasteiger partial charge in [0.05, 0.1) is 55.1 Å². The molecule has 0 amide bonds. The van der Waals surface area contributed by atoms with E-state index in [0.717, 1.165) is 29.8 Å². The molecule has 0 bridgehead atoms. The van der Waals surface area contributed by atoms with Crippen LogP contribution in [-0.4, -0.2) is 27.6 Å². The number of allylic oxidation sites excluding steroid dienone is 4. The Morgan fingerprint density at radius 1 is 0.723 bits per heavy atom. The maximum atomic E-state index is 13.4. The molecule has 0 radical (unpaired) electrons. The third kappa shape index (κ3) is 3.94. The molecule has 4 heterocycles. The molecule has 2 aromatic carbocycles. The lowest BCUT2D eigenvalue weighted by atomic mass is 10.1. The molecule has 0 N–H and O–H groups in total. The zero-order chi connectivity index (χ0) is 32.6. The number of benzene rings is 2. The monoisotopic (exact) mass is 659 g/mol. The lowest BCUT2D eigenvalue weighted by molar-refractivity contribution is 0.106. The molecule has 218 valence electrons. The van der Waals surface area contributed by atoms with Crippen molar-refractivity contribution in [2.45, 2.75) is 0 Å². The van der Waals surface area contributed by atoms with Crippen molar-refractivity contribution >= 4 is 108 Å². The first kappa shape index (κ1) is 28.2. The molecule has 0 unspecified atom stereocenters. The molecule has 2 aliphatic rings. The summed E-state index contributed by atoms with van der Waals surface area (Å²) >= 11 is 4.44. The summed E-state index contributed by atoms with van der Waals surface area (Å²) in [6, 6.07) is 21.5. The SMILES string of the molecule is [C-]#[N+]C(C#N)=C1C(=Nc2cc3sc4c5sc(N=C6C(=O)c7ccccc7/C6=C(/C#N)[N+]#[C-])cc5n(C)c4c3s2)C(=O)c2ccccc21. The van der Waals surface area contributed by atoms with Gasteiger partial charge in [-0.3, -0.25) is 9.59 Å². The Hall–Kier alpha value is -6.28. The number of carbonyl (C=O) groups is 2. The number of fused-ring (bicyclic) bond motifs is 7. The minimum absolute atomic E-state index is 0.0901. The Kier molecular flexibility index (Phi) is 6.23. The number of aryl methyl sites for hydroxylation is 1. The van der Waals surface area contributed by atoms with E-state index in [1.807, 2.05) is 31.3 Å². The van der Waals surface area contributed by atoms with Gasteiger partial charge >= 0.3 is 0 Å². The lowest BCUT2D eigenvalue weighted by Gasteiger charge is -2.00. The highest BCUT2D eigenvalue weighted by molar-refractivity contribution is 7.37. The third-order valence-corrected chi connectivity index (χ3v) is 11.5. The van der Waals surface area contributed by atoms with Gasteiger partial charge in [0.1, 0.15) is 21.4 Å². The molecule has 6 aromatic rings. The van der Waals surface area contributed by atoms with Gasteiger partial charge < -0.3 is 4.57 Å². The van der Waals surface area contributed by atoms with Crippen molar-refractivity contribution in [1.29, 1.82) is 10.5 Å². The Labute approximate surface area is 277 Å². The molecule has 0 fully saturated rings. The summed E-state index contributed by atoms with van der Waals surface area (Å²) in [6.07, 6.45) is 0. The van der Waals surface area contributed by atoms with Crippen molar-refractivity contribution in [3.8, 4) is 12.1 Å². The molecule has 0 saturated carbocycles. The fraction of sp³-hybridized carbons (Fsp3) is 0.0286. The van der Waals surface area contributed by atoms with Crippen LogP contribution >= 0.6 is 34.0 Å². The van der Waals surface area contributed by atoms with Crippen molar-refractivity contribution in [3.63, 3.8) is 0 Å². The predicted molar refractivity (Wildman–Crippen MR) is 186 cm³/mol. The van der Waals surface area contributed by atoms with Crippen LogP contribution in [0.1, 0.15) is 31.8 Å². The van der Waals surface area contributed by atoms with Crippen LogP contribution in [-0.2, 0) is 7.05 Å². The van der Waals surface area contributed by atoms with E-state index in [2.05, 4.69) is 14.3 Å². The smallest absolute Gasteiger partial charge is 0.271 e. The largest absolute Gasteiger partial charge is 0.341 e. The molecule has 9 nitrogen and oxygen atoms in total. The molecule has 2 aliphatic carbocycles. The average Bonchev–Trinajstić information content (AvgIpc) is 3.91.